The first-order chi connectivity index (χ1) is 3.27. The minimum Gasteiger partial charge on any atom is -0.172 e. The van der Waals surface area contributed by atoms with Crippen LogP contribution in [0.3, 0.4) is 0 Å². The van der Waals surface area contributed by atoms with Crippen LogP contribution in [0.4, 0.5) is 0 Å². The van der Waals surface area contributed by atoms with Crippen LogP contribution < -0.4 is 0 Å². The zero-order chi connectivity index (χ0) is 5.70. The third-order valence-electron chi connectivity index (χ3n) is 0.776. The van der Waals surface area contributed by atoms with Crippen LogP contribution >= 0.6 is 22.9 Å². The van der Waals surface area contributed by atoms with Crippen molar-refractivity contribution in [3.8, 4) is 0 Å². The van der Waals surface area contributed by atoms with Gasteiger partial charge in [0.25, 0.3) is 0 Å². The van der Waals surface area contributed by atoms with Gasteiger partial charge in [0.1, 0.15) is 0 Å². The fourth-order valence-electron chi connectivity index (χ4n) is 0.358. The quantitative estimate of drug-likeness (QED) is 0.527. The Morgan fingerprint density at radius 1 is 1.43 bits per heavy atom. The Morgan fingerprint density at radius 2 is 2.00 bits per heavy atom. The minimum atomic E-state index is -0.153. The molecule has 0 aliphatic carbocycles. The molecule has 0 aliphatic heterocycles. The molecule has 0 radical (unpaired) electrons. The van der Waals surface area contributed by atoms with Gasteiger partial charge in [-0.25, -0.2) is 0 Å². The zero-order valence-electron chi connectivity index (χ0n) is 4.45. The fourth-order valence-corrected chi connectivity index (χ4v) is 0.667. The topological polar surface area (TPSA) is 0 Å². The minimum absolute atomic E-state index is 0.153. The highest BCUT2D eigenvalue weighted by Gasteiger charge is 2.01. The first kappa shape index (κ1) is 7.64. The summed E-state index contributed by atoms with van der Waals surface area (Å²) >= 11 is 10.8. The van der Waals surface area contributed by atoms with Gasteiger partial charge in [0, 0.05) is 0 Å². The average molecular weight is 139 g/mol. The molecule has 0 fully saturated rings. The van der Waals surface area contributed by atoms with E-state index in [4.69, 9.17) is 22.9 Å². The van der Waals surface area contributed by atoms with E-state index in [1.54, 1.807) is 0 Å². The lowest BCUT2D eigenvalue weighted by Gasteiger charge is -1.90. The summed E-state index contributed by atoms with van der Waals surface area (Å²) in [7, 11) is 0. The molecule has 7 heavy (non-hydrogen) atoms. The van der Waals surface area contributed by atoms with Gasteiger partial charge in [-0.1, -0.05) is 19.8 Å². The van der Waals surface area contributed by atoms with Gasteiger partial charge >= 0.3 is 5.54 Å². The van der Waals surface area contributed by atoms with Crippen LogP contribution in [0, 0.1) is 0 Å². The first-order valence-corrected chi connectivity index (χ1v) is 3.42. The van der Waals surface area contributed by atoms with Crippen LogP contribution in [-0.4, -0.2) is 5.54 Å². The molecule has 3 heteroatoms. The molecule has 0 saturated heterocycles. The summed E-state index contributed by atoms with van der Waals surface area (Å²) in [5.74, 6) is 0. The van der Waals surface area contributed by atoms with E-state index in [9.17, 15) is 0 Å². The highest BCUT2D eigenvalue weighted by atomic mass is 35.5. The molecule has 0 bridgehead atoms. The molecule has 0 amide bonds. The molecule has 0 aromatic rings. The van der Waals surface area contributed by atoms with Crippen LogP contribution in [0.25, 0.3) is 0 Å². The lowest BCUT2D eigenvalue weighted by molar-refractivity contribution is 0.881. The third-order valence-corrected chi connectivity index (χ3v) is 1.21. The molecule has 0 spiro atoms. The normalized spacial score (nSPS) is 9.00. The van der Waals surface area contributed by atoms with Crippen molar-refractivity contribution in [1.82, 2.24) is 0 Å². The second-order valence-electron chi connectivity index (χ2n) is 1.53. The van der Waals surface area contributed by atoms with Gasteiger partial charge in [-0.05, 0) is 6.32 Å². The highest BCUT2D eigenvalue weighted by molar-refractivity contribution is 7.33. The SMILES string of the molecule is CCCCB(Cl)Cl. The Kier molecular flexibility index (Phi) is 5.24. The molecule has 0 saturated carbocycles. The van der Waals surface area contributed by atoms with E-state index < -0.39 is 0 Å². The second kappa shape index (κ2) is 4.80. The van der Waals surface area contributed by atoms with E-state index in [2.05, 4.69) is 6.92 Å². The molecule has 0 aromatic carbocycles. The lowest BCUT2D eigenvalue weighted by atomic mass is 9.97. The summed E-state index contributed by atoms with van der Waals surface area (Å²) in [6.45, 7) is 2.12. The standard InChI is InChI=1S/C4H9BCl2/c1-2-3-4-5(6)7/h2-4H2,1H3. The second-order valence-corrected chi connectivity index (χ2v) is 2.81. The summed E-state index contributed by atoms with van der Waals surface area (Å²) < 4.78 is 0. The van der Waals surface area contributed by atoms with Crippen molar-refractivity contribution in [1.29, 1.82) is 0 Å². The molecule has 0 nitrogen and oxygen atoms in total. The molecule has 0 unspecified atom stereocenters. The largest absolute Gasteiger partial charge is 0.351 e. The van der Waals surface area contributed by atoms with Crippen molar-refractivity contribution in [3.05, 3.63) is 0 Å². The number of hydrogen-bond acceptors (Lipinski definition) is 0. The summed E-state index contributed by atoms with van der Waals surface area (Å²) in [6.07, 6.45) is 3.24. The maximum atomic E-state index is 5.42. The molecule has 0 rings (SSSR count). The van der Waals surface area contributed by atoms with Gasteiger partial charge in [-0.3, -0.25) is 0 Å². The Balaban J connectivity index is 2.68. The Labute approximate surface area is 55.1 Å². The van der Waals surface area contributed by atoms with E-state index in [-0.39, 0.29) is 5.54 Å². The molecule has 0 N–H and O–H groups in total. The predicted octanol–water partition coefficient (Wildman–Crippen LogP) is 2.75. The van der Waals surface area contributed by atoms with E-state index in [0.717, 1.165) is 12.7 Å². The van der Waals surface area contributed by atoms with Gasteiger partial charge < -0.3 is 0 Å². The van der Waals surface area contributed by atoms with E-state index >= 15 is 0 Å². The van der Waals surface area contributed by atoms with Crippen LogP contribution in [0.2, 0.25) is 6.32 Å². The smallest absolute Gasteiger partial charge is 0.172 e. The van der Waals surface area contributed by atoms with Gasteiger partial charge in [0.05, 0.1) is 0 Å². The molecule has 0 heterocycles. The predicted molar refractivity (Wildman–Crippen MR) is 37.2 cm³/mol. The van der Waals surface area contributed by atoms with E-state index in [1.807, 2.05) is 0 Å². The summed E-state index contributed by atoms with van der Waals surface area (Å²) in [6, 6.07) is 0. The van der Waals surface area contributed by atoms with Crippen LogP contribution in [-0.2, 0) is 0 Å². The summed E-state index contributed by atoms with van der Waals surface area (Å²) in [5, 5.41) is 0. The summed E-state index contributed by atoms with van der Waals surface area (Å²) in [5.41, 5.74) is -0.153. The molecule has 0 aromatic heterocycles. The van der Waals surface area contributed by atoms with Crippen molar-refractivity contribution in [2.45, 2.75) is 26.1 Å². The van der Waals surface area contributed by atoms with Gasteiger partial charge in [-0.2, -0.15) is 22.9 Å². The van der Waals surface area contributed by atoms with Crippen molar-refractivity contribution in [3.63, 3.8) is 0 Å². The lowest BCUT2D eigenvalue weighted by Crippen LogP contribution is -1.88. The average Bonchev–Trinajstić information content (AvgIpc) is 1.61. The fraction of sp³-hybridized carbons (Fsp3) is 1.00. The Morgan fingerprint density at radius 3 is 2.14 bits per heavy atom. The third kappa shape index (κ3) is 6.64. The van der Waals surface area contributed by atoms with Gasteiger partial charge in [-0.15, -0.1) is 0 Å². The molecule has 0 aliphatic rings. The monoisotopic (exact) mass is 138 g/mol. The maximum absolute atomic E-state index is 5.42. The van der Waals surface area contributed by atoms with Crippen LogP contribution in [0.15, 0.2) is 0 Å². The van der Waals surface area contributed by atoms with Crippen LogP contribution in [0.1, 0.15) is 19.8 Å². The molecule has 42 valence electrons. The molecular formula is C4H9BCl2. The number of hydrogen-bond donors (Lipinski definition) is 0. The van der Waals surface area contributed by atoms with Gasteiger partial charge in [0.2, 0.25) is 0 Å². The Bertz CT molecular complexity index is 38.7. The molecule has 0 atom stereocenters. The first-order valence-electron chi connectivity index (χ1n) is 2.55. The van der Waals surface area contributed by atoms with Crippen LogP contribution in [0.5, 0.6) is 0 Å². The molecular weight excluding hydrogens is 130 g/mol. The van der Waals surface area contributed by atoms with Crippen molar-refractivity contribution < 1.29 is 0 Å². The van der Waals surface area contributed by atoms with Crippen molar-refractivity contribution in [2.75, 3.05) is 0 Å². The van der Waals surface area contributed by atoms with E-state index in [0.29, 0.717) is 0 Å². The maximum Gasteiger partial charge on any atom is 0.351 e. The zero-order valence-corrected chi connectivity index (χ0v) is 5.97. The van der Waals surface area contributed by atoms with Crippen molar-refractivity contribution >= 4 is 28.5 Å². The number of unbranched alkanes of at least 4 members (excludes halogenated alkanes) is 1. The highest BCUT2D eigenvalue weighted by Crippen LogP contribution is 2.07. The summed E-state index contributed by atoms with van der Waals surface area (Å²) in [4.78, 5) is 0. The van der Waals surface area contributed by atoms with Crippen molar-refractivity contribution in [2.24, 2.45) is 0 Å². The number of rotatable bonds is 3. The number of halogens is 2. The Hall–Kier alpha value is 0.645. The van der Waals surface area contributed by atoms with Gasteiger partial charge in [0.15, 0.2) is 0 Å². The van der Waals surface area contributed by atoms with E-state index in [1.165, 1.54) is 6.42 Å².